The fourth-order valence-corrected chi connectivity index (χ4v) is 1.74. The van der Waals surface area contributed by atoms with Gasteiger partial charge < -0.3 is 5.73 Å². The first kappa shape index (κ1) is 12.8. The van der Waals surface area contributed by atoms with E-state index in [2.05, 4.69) is 0 Å². The second-order valence-corrected chi connectivity index (χ2v) is 4.32. The van der Waals surface area contributed by atoms with E-state index in [4.69, 9.17) is 5.73 Å². The number of hydrogen-bond donors (Lipinski definition) is 1. The van der Waals surface area contributed by atoms with Gasteiger partial charge in [0, 0.05) is 18.9 Å². The molecular formula is C13H18FNO. The van der Waals surface area contributed by atoms with E-state index in [1.807, 2.05) is 13.8 Å². The fourth-order valence-electron chi connectivity index (χ4n) is 1.74. The number of Topliss-reactive ketones (excluding diaryl/α,β-unsaturated/α-hetero) is 1. The standard InChI is InChI=1S/C13H18FNO/c1-9(2)11(8-15)13(16)7-10-5-3-4-6-12(10)14/h3-6,9,11H,7-8,15H2,1-2H3. The van der Waals surface area contributed by atoms with Crippen molar-refractivity contribution in [2.75, 3.05) is 6.54 Å². The van der Waals surface area contributed by atoms with E-state index in [1.54, 1.807) is 18.2 Å². The normalized spacial score (nSPS) is 12.8. The Morgan fingerprint density at radius 3 is 2.50 bits per heavy atom. The van der Waals surface area contributed by atoms with E-state index in [-0.39, 0.29) is 29.9 Å². The summed E-state index contributed by atoms with van der Waals surface area (Å²) in [6.07, 6.45) is 0.132. The number of nitrogens with two attached hydrogens (primary N) is 1. The summed E-state index contributed by atoms with van der Waals surface area (Å²) in [7, 11) is 0. The van der Waals surface area contributed by atoms with Gasteiger partial charge >= 0.3 is 0 Å². The fraction of sp³-hybridized carbons (Fsp3) is 0.462. The summed E-state index contributed by atoms with van der Waals surface area (Å²) in [5.74, 6) is -0.290. The Balaban J connectivity index is 2.74. The third-order valence-electron chi connectivity index (χ3n) is 2.79. The van der Waals surface area contributed by atoms with Crippen molar-refractivity contribution in [3.8, 4) is 0 Å². The largest absolute Gasteiger partial charge is 0.330 e. The van der Waals surface area contributed by atoms with Crippen LogP contribution in [0.4, 0.5) is 4.39 Å². The van der Waals surface area contributed by atoms with Crippen molar-refractivity contribution in [3.63, 3.8) is 0 Å². The minimum Gasteiger partial charge on any atom is -0.330 e. The molecule has 0 aliphatic carbocycles. The highest BCUT2D eigenvalue weighted by molar-refractivity contribution is 5.83. The smallest absolute Gasteiger partial charge is 0.141 e. The van der Waals surface area contributed by atoms with Crippen LogP contribution in [0.5, 0.6) is 0 Å². The second-order valence-electron chi connectivity index (χ2n) is 4.32. The van der Waals surface area contributed by atoms with Crippen LogP contribution in [0, 0.1) is 17.7 Å². The number of ketones is 1. The lowest BCUT2D eigenvalue weighted by molar-refractivity contribution is -0.123. The van der Waals surface area contributed by atoms with Crippen molar-refractivity contribution in [2.24, 2.45) is 17.6 Å². The highest BCUT2D eigenvalue weighted by atomic mass is 19.1. The summed E-state index contributed by atoms with van der Waals surface area (Å²) in [6, 6.07) is 6.36. The van der Waals surface area contributed by atoms with Gasteiger partial charge in [0.25, 0.3) is 0 Å². The molecule has 1 atom stereocenters. The molecule has 0 amide bonds. The van der Waals surface area contributed by atoms with Crippen LogP contribution in [0.25, 0.3) is 0 Å². The molecule has 0 radical (unpaired) electrons. The van der Waals surface area contributed by atoms with E-state index in [1.165, 1.54) is 6.07 Å². The topological polar surface area (TPSA) is 43.1 Å². The van der Waals surface area contributed by atoms with E-state index in [9.17, 15) is 9.18 Å². The van der Waals surface area contributed by atoms with Gasteiger partial charge in [-0.05, 0) is 17.5 Å². The molecule has 1 unspecified atom stereocenters. The molecule has 0 bridgehead atoms. The number of carbonyl (C=O) groups excluding carboxylic acids is 1. The van der Waals surface area contributed by atoms with Crippen molar-refractivity contribution in [3.05, 3.63) is 35.6 Å². The van der Waals surface area contributed by atoms with Crippen LogP contribution in [0.2, 0.25) is 0 Å². The van der Waals surface area contributed by atoms with Crippen molar-refractivity contribution < 1.29 is 9.18 Å². The van der Waals surface area contributed by atoms with E-state index < -0.39 is 0 Å². The molecule has 1 rings (SSSR count). The van der Waals surface area contributed by atoms with Crippen LogP contribution in [0.15, 0.2) is 24.3 Å². The Kier molecular flexibility index (Phi) is 4.62. The molecule has 0 aliphatic rings. The van der Waals surface area contributed by atoms with Crippen LogP contribution >= 0.6 is 0 Å². The van der Waals surface area contributed by atoms with Crippen LogP contribution in [0.1, 0.15) is 19.4 Å². The predicted molar refractivity (Wildman–Crippen MR) is 62.5 cm³/mol. The Morgan fingerprint density at radius 2 is 2.00 bits per heavy atom. The lowest BCUT2D eigenvalue weighted by atomic mass is 9.88. The van der Waals surface area contributed by atoms with Crippen LogP contribution in [-0.4, -0.2) is 12.3 Å². The maximum Gasteiger partial charge on any atom is 0.141 e. The molecule has 0 aromatic heterocycles. The lowest BCUT2D eigenvalue weighted by Gasteiger charge is -2.17. The Morgan fingerprint density at radius 1 is 1.38 bits per heavy atom. The van der Waals surface area contributed by atoms with Gasteiger partial charge in [-0.1, -0.05) is 32.0 Å². The minimum absolute atomic E-state index is 0.0163. The molecule has 0 aliphatic heterocycles. The van der Waals surface area contributed by atoms with Crippen molar-refractivity contribution in [1.29, 1.82) is 0 Å². The third kappa shape index (κ3) is 3.14. The Hall–Kier alpha value is -1.22. The van der Waals surface area contributed by atoms with Gasteiger partial charge in [-0.3, -0.25) is 4.79 Å². The van der Waals surface area contributed by atoms with E-state index in [0.717, 1.165) is 0 Å². The van der Waals surface area contributed by atoms with Crippen molar-refractivity contribution >= 4 is 5.78 Å². The molecule has 0 spiro atoms. The zero-order valence-corrected chi connectivity index (χ0v) is 9.74. The van der Waals surface area contributed by atoms with Gasteiger partial charge in [0.15, 0.2) is 0 Å². The second kappa shape index (κ2) is 5.75. The third-order valence-corrected chi connectivity index (χ3v) is 2.79. The maximum atomic E-state index is 13.3. The molecule has 0 fully saturated rings. The molecular weight excluding hydrogens is 205 g/mol. The molecule has 0 saturated heterocycles. The number of rotatable bonds is 5. The first-order chi connectivity index (χ1) is 7.56. The number of halogens is 1. The summed E-state index contributed by atoms with van der Waals surface area (Å²) < 4.78 is 13.3. The number of benzene rings is 1. The summed E-state index contributed by atoms with van der Waals surface area (Å²) >= 11 is 0. The zero-order valence-electron chi connectivity index (χ0n) is 9.74. The molecule has 1 aromatic rings. The molecule has 2 nitrogen and oxygen atoms in total. The molecule has 16 heavy (non-hydrogen) atoms. The summed E-state index contributed by atoms with van der Waals surface area (Å²) in [5, 5.41) is 0. The molecule has 1 aromatic carbocycles. The van der Waals surface area contributed by atoms with Gasteiger partial charge in [0.05, 0.1) is 0 Å². The average Bonchev–Trinajstić information content (AvgIpc) is 2.22. The molecule has 0 saturated carbocycles. The van der Waals surface area contributed by atoms with Gasteiger partial charge in [-0.25, -0.2) is 4.39 Å². The van der Waals surface area contributed by atoms with Crippen LogP contribution < -0.4 is 5.73 Å². The quantitative estimate of drug-likeness (QED) is 0.831. The highest BCUT2D eigenvalue weighted by Crippen LogP contribution is 2.15. The Labute approximate surface area is 95.7 Å². The highest BCUT2D eigenvalue weighted by Gasteiger charge is 2.21. The minimum atomic E-state index is -0.324. The summed E-state index contributed by atoms with van der Waals surface area (Å²) in [5.41, 5.74) is 6.00. The van der Waals surface area contributed by atoms with Gasteiger partial charge in [0.2, 0.25) is 0 Å². The first-order valence-corrected chi connectivity index (χ1v) is 5.52. The van der Waals surface area contributed by atoms with E-state index >= 15 is 0 Å². The summed E-state index contributed by atoms with van der Waals surface area (Å²) in [6.45, 7) is 4.23. The van der Waals surface area contributed by atoms with Crippen LogP contribution in [0.3, 0.4) is 0 Å². The molecule has 88 valence electrons. The number of hydrogen-bond acceptors (Lipinski definition) is 2. The zero-order chi connectivity index (χ0) is 12.1. The molecule has 2 N–H and O–H groups in total. The molecule has 0 heterocycles. The predicted octanol–water partition coefficient (Wildman–Crippen LogP) is 2.17. The Bertz CT molecular complexity index is 363. The molecule has 3 heteroatoms. The average molecular weight is 223 g/mol. The monoisotopic (exact) mass is 223 g/mol. The van der Waals surface area contributed by atoms with Gasteiger partial charge in [-0.15, -0.1) is 0 Å². The number of carbonyl (C=O) groups is 1. The SMILES string of the molecule is CC(C)C(CN)C(=O)Cc1ccccc1F. The first-order valence-electron chi connectivity index (χ1n) is 5.52. The summed E-state index contributed by atoms with van der Waals surface area (Å²) in [4.78, 5) is 11.9. The van der Waals surface area contributed by atoms with E-state index in [0.29, 0.717) is 12.1 Å². The van der Waals surface area contributed by atoms with Gasteiger partial charge in [0.1, 0.15) is 11.6 Å². The van der Waals surface area contributed by atoms with Gasteiger partial charge in [-0.2, -0.15) is 0 Å². The van der Waals surface area contributed by atoms with Crippen molar-refractivity contribution in [1.82, 2.24) is 0 Å². The van der Waals surface area contributed by atoms with Crippen LogP contribution in [-0.2, 0) is 11.2 Å². The maximum absolute atomic E-state index is 13.3. The van der Waals surface area contributed by atoms with Crippen molar-refractivity contribution in [2.45, 2.75) is 20.3 Å². The lowest BCUT2D eigenvalue weighted by Crippen LogP contribution is -2.29.